The molecule has 23 heavy (non-hydrogen) atoms. The second kappa shape index (κ2) is 7.35. The molecule has 8 heteroatoms. The van der Waals surface area contributed by atoms with Crippen LogP contribution in [0.25, 0.3) is 0 Å². The normalized spacial score (nSPS) is 19.3. The van der Waals surface area contributed by atoms with Gasteiger partial charge in [0.15, 0.2) is 9.84 Å². The number of hydrogen-bond donors (Lipinski definition) is 1. The number of nitrogens with one attached hydrogen (secondary N) is 1. The van der Waals surface area contributed by atoms with Gasteiger partial charge in [-0.1, -0.05) is 6.07 Å². The SMILES string of the molecule is COC(=O)c1ccc(C)c(NC(=O)CS[C@H]2CCS(=O)(=O)C2)c1. The zero-order valence-electron chi connectivity index (χ0n) is 13.0. The molecule has 126 valence electrons. The minimum Gasteiger partial charge on any atom is -0.465 e. The molecule has 1 amide bonds. The zero-order chi connectivity index (χ0) is 17.0. The van der Waals surface area contributed by atoms with Crippen molar-refractivity contribution in [2.24, 2.45) is 0 Å². The Hall–Kier alpha value is -1.54. The molecule has 1 aromatic rings. The largest absolute Gasteiger partial charge is 0.465 e. The first-order valence-electron chi connectivity index (χ1n) is 7.11. The lowest BCUT2D eigenvalue weighted by Crippen LogP contribution is -2.18. The summed E-state index contributed by atoms with van der Waals surface area (Å²) >= 11 is 1.35. The first-order chi connectivity index (χ1) is 10.8. The molecule has 1 heterocycles. The molecule has 6 nitrogen and oxygen atoms in total. The molecular formula is C15H19NO5S2. The van der Waals surface area contributed by atoms with Gasteiger partial charge in [-0.05, 0) is 31.0 Å². The maximum atomic E-state index is 12.0. The van der Waals surface area contributed by atoms with Crippen molar-refractivity contribution < 1.29 is 22.7 Å². The molecule has 0 aliphatic carbocycles. The lowest BCUT2D eigenvalue weighted by Gasteiger charge is -2.11. The fourth-order valence-electron chi connectivity index (χ4n) is 2.27. The van der Waals surface area contributed by atoms with Gasteiger partial charge in [0, 0.05) is 10.9 Å². The van der Waals surface area contributed by atoms with E-state index in [0.717, 1.165) is 5.56 Å². The number of rotatable bonds is 5. The number of benzene rings is 1. The van der Waals surface area contributed by atoms with Crippen LogP contribution >= 0.6 is 11.8 Å². The number of sulfone groups is 1. The van der Waals surface area contributed by atoms with Crippen molar-refractivity contribution in [1.29, 1.82) is 0 Å². The Labute approximate surface area is 139 Å². The van der Waals surface area contributed by atoms with Gasteiger partial charge >= 0.3 is 5.97 Å². The molecule has 0 unspecified atom stereocenters. The molecule has 1 atom stereocenters. The lowest BCUT2D eigenvalue weighted by atomic mass is 10.1. The number of ether oxygens (including phenoxy) is 1. The Morgan fingerprint density at radius 3 is 2.74 bits per heavy atom. The van der Waals surface area contributed by atoms with E-state index in [-0.39, 0.29) is 28.4 Å². The van der Waals surface area contributed by atoms with Gasteiger partial charge in [-0.3, -0.25) is 4.79 Å². The molecule has 2 rings (SSSR count). The average Bonchev–Trinajstić information content (AvgIpc) is 2.86. The molecule has 0 radical (unpaired) electrons. The first-order valence-corrected chi connectivity index (χ1v) is 9.98. The van der Waals surface area contributed by atoms with E-state index < -0.39 is 15.8 Å². The minimum atomic E-state index is -2.93. The maximum Gasteiger partial charge on any atom is 0.337 e. The number of carbonyl (C=O) groups is 2. The summed E-state index contributed by atoms with van der Waals surface area (Å²) in [5.41, 5.74) is 1.75. The summed E-state index contributed by atoms with van der Waals surface area (Å²) in [6.45, 7) is 1.83. The molecule has 0 bridgehead atoms. The van der Waals surface area contributed by atoms with Gasteiger partial charge in [0.25, 0.3) is 0 Å². The highest BCUT2D eigenvalue weighted by molar-refractivity contribution is 8.02. The standard InChI is InChI=1S/C15H19NO5S2/c1-10-3-4-11(15(18)21-2)7-13(10)16-14(17)8-22-12-5-6-23(19,20)9-12/h3-4,7,12H,5-6,8-9H2,1-2H3,(H,16,17)/t12-/m0/s1. The number of thioether (sulfide) groups is 1. The maximum absolute atomic E-state index is 12.0. The van der Waals surface area contributed by atoms with Crippen molar-refractivity contribution in [3.8, 4) is 0 Å². The van der Waals surface area contributed by atoms with Gasteiger partial charge in [0.05, 0.1) is 29.9 Å². The van der Waals surface area contributed by atoms with Crippen molar-refractivity contribution in [2.45, 2.75) is 18.6 Å². The Balaban J connectivity index is 1.93. The van der Waals surface area contributed by atoms with E-state index in [1.807, 2.05) is 6.92 Å². The third-order valence-electron chi connectivity index (χ3n) is 3.57. The molecule has 1 N–H and O–H groups in total. The van der Waals surface area contributed by atoms with E-state index in [1.165, 1.54) is 18.9 Å². The summed E-state index contributed by atoms with van der Waals surface area (Å²) in [4.78, 5) is 23.6. The Morgan fingerprint density at radius 2 is 2.13 bits per heavy atom. The number of anilines is 1. The highest BCUT2D eigenvalue weighted by Crippen LogP contribution is 2.25. The van der Waals surface area contributed by atoms with Crippen LogP contribution in [0.4, 0.5) is 5.69 Å². The zero-order valence-corrected chi connectivity index (χ0v) is 14.6. The van der Waals surface area contributed by atoms with E-state index in [1.54, 1.807) is 18.2 Å². The molecular weight excluding hydrogens is 338 g/mol. The van der Waals surface area contributed by atoms with Crippen LogP contribution in [-0.4, -0.2) is 49.9 Å². The average molecular weight is 357 g/mol. The Kier molecular flexibility index (Phi) is 5.69. The molecule has 1 aliphatic heterocycles. The van der Waals surface area contributed by atoms with Crippen LogP contribution < -0.4 is 5.32 Å². The van der Waals surface area contributed by atoms with Crippen LogP contribution in [0.5, 0.6) is 0 Å². The van der Waals surface area contributed by atoms with Crippen molar-refractivity contribution in [3.05, 3.63) is 29.3 Å². The quantitative estimate of drug-likeness (QED) is 0.806. The molecule has 1 fully saturated rings. The molecule has 0 saturated carbocycles. The molecule has 0 spiro atoms. The van der Waals surface area contributed by atoms with Crippen molar-refractivity contribution in [3.63, 3.8) is 0 Å². The minimum absolute atomic E-state index is 0.0201. The number of esters is 1. The van der Waals surface area contributed by atoms with Crippen LogP contribution in [0.15, 0.2) is 18.2 Å². The summed E-state index contributed by atoms with van der Waals surface area (Å²) in [6.07, 6.45) is 0.594. The topological polar surface area (TPSA) is 89.5 Å². The van der Waals surface area contributed by atoms with Crippen LogP contribution in [0, 0.1) is 6.92 Å². The predicted octanol–water partition coefficient (Wildman–Crippen LogP) is 1.64. The van der Waals surface area contributed by atoms with Crippen LogP contribution in [-0.2, 0) is 19.4 Å². The summed E-state index contributed by atoms with van der Waals surface area (Å²) in [7, 11) is -1.63. The van der Waals surface area contributed by atoms with Crippen molar-refractivity contribution in [1.82, 2.24) is 0 Å². The van der Waals surface area contributed by atoms with Crippen LogP contribution in [0.2, 0.25) is 0 Å². The van der Waals surface area contributed by atoms with E-state index in [4.69, 9.17) is 0 Å². The number of methoxy groups -OCH3 is 1. The third kappa shape index (κ3) is 4.97. The molecule has 1 saturated heterocycles. The summed E-state index contributed by atoms with van der Waals surface area (Å²) < 4.78 is 27.4. The van der Waals surface area contributed by atoms with Gasteiger partial charge in [0.2, 0.25) is 5.91 Å². The van der Waals surface area contributed by atoms with Crippen LogP contribution in [0.1, 0.15) is 22.3 Å². The van der Waals surface area contributed by atoms with Gasteiger partial charge in [-0.2, -0.15) is 0 Å². The van der Waals surface area contributed by atoms with E-state index >= 15 is 0 Å². The smallest absolute Gasteiger partial charge is 0.337 e. The van der Waals surface area contributed by atoms with E-state index in [0.29, 0.717) is 17.7 Å². The summed E-state index contributed by atoms with van der Waals surface area (Å²) in [6, 6.07) is 4.94. The second-order valence-corrected chi connectivity index (χ2v) is 8.92. The van der Waals surface area contributed by atoms with Crippen molar-refractivity contribution in [2.75, 3.05) is 29.7 Å². The number of hydrogen-bond acceptors (Lipinski definition) is 6. The van der Waals surface area contributed by atoms with Gasteiger partial charge < -0.3 is 10.1 Å². The third-order valence-corrected chi connectivity index (χ3v) is 6.86. The fourth-order valence-corrected chi connectivity index (χ4v) is 5.72. The molecule has 1 aliphatic rings. The monoisotopic (exact) mass is 357 g/mol. The summed E-state index contributed by atoms with van der Waals surface area (Å²) in [5, 5.41) is 2.74. The fraction of sp³-hybridized carbons (Fsp3) is 0.467. The highest BCUT2D eigenvalue weighted by atomic mass is 32.2. The Morgan fingerprint density at radius 1 is 1.39 bits per heavy atom. The first kappa shape index (κ1) is 17.8. The lowest BCUT2D eigenvalue weighted by molar-refractivity contribution is -0.113. The number of aryl methyl sites for hydroxylation is 1. The van der Waals surface area contributed by atoms with Gasteiger partial charge in [-0.25, -0.2) is 13.2 Å². The highest BCUT2D eigenvalue weighted by Gasteiger charge is 2.28. The Bertz CT molecular complexity index is 715. The number of carbonyl (C=O) groups excluding carboxylic acids is 2. The molecule has 0 aromatic heterocycles. The second-order valence-electron chi connectivity index (χ2n) is 5.41. The predicted molar refractivity (Wildman–Crippen MR) is 90.7 cm³/mol. The van der Waals surface area contributed by atoms with Crippen molar-refractivity contribution >= 4 is 39.2 Å². The van der Waals surface area contributed by atoms with Gasteiger partial charge in [0.1, 0.15) is 0 Å². The summed E-state index contributed by atoms with van der Waals surface area (Å²) in [5.74, 6) is -0.161. The molecule has 1 aromatic carbocycles. The van der Waals surface area contributed by atoms with E-state index in [9.17, 15) is 18.0 Å². The number of amides is 1. The van der Waals surface area contributed by atoms with Gasteiger partial charge in [-0.15, -0.1) is 11.8 Å². The van der Waals surface area contributed by atoms with E-state index in [2.05, 4.69) is 10.1 Å². The van der Waals surface area contributed by atoms with Crippen LogP contribution in [0.3, 0.4) is 0 Å².